The number of nitrogens with one attached hydrogen (secondary N) is 1. The number of esters is 1. The van der Waals surface area contributed by atoms with Crippen LogP contribution in [0, 0.1) is 0 Å². The Morgan fingerprint density at radius 1 is 1.29 bits per heavy atom. The fraction of sp³-hybridized carbons (Fsp3) is 0.400. The maximum absolute atomic E-state index is 13.1. The van der Waals surface area contributed by atoms with Gasteiger partial charge >= 0.3 is 5.97 Å². The van der Waals surface area contributed by atoms with E-state index in [1.54, 1.807) is 30.3 Å². The van der Waals surface area contributed by atoms with Gasteiger partial charge in [-0.25, -0.2) is 4.79 Å². The van der Waals surface area contributed by atoms with Gasteiger partial charge in [0.25, 0.3) is 0 Å². The summed E-state index contributed by atoms with van der Waals surface area (Å²) in [6.07, 6.45) is 6.84. The molecule has 1 aliphatic rings. The Hall–Kier alpha value is -3.09. The minimum Gasteiger partial charge on any atom is -0.467 e. The number of carbonyl (C=O) groups excluding carboxylic acids is 2. The van der Waals surface area contributed by atoms with Gasteiger partial charge in [0.2, 0.25) is 5.91 Å². The normalized spacial score (nSPS) is 13.1. The highest BCUT2D eigenvalue weighted by atomic mass is 35.5. The van der Waals surface area contributed by atoms with E-state index in [1.807, 2.05) is 24.5 Å². The number of aryl methyl sites for hydroxylation is 2. The molecule has 1 amide bonds. The molecular formula is C25H27ClN6O4S2. The number of amides is 1. The molecule has 0 bridgehead atoms. The van der Waals surface area contributed by atoms with Crippen LogP contribution in [-0.4, -0.2) is 48.3 Å². The van der Waals surface area contributed by atoms with Crippen molar-refractivity contribution in [3.63, 3.8) is 0 Å². The minimum absolute atomic E-state index is 0.0630. The average Bonchev–Trinajstić information content (AvgIpc) is 3.64. The molecule has 0 fully saturated rings. The molecule has 200 valence electrons. The summed E-state index contributed by atoms with van der Waals surface area (Å²) in [4.78, 5) is 27.1. The largest absolute Gasteiger partial charge is 0.467 e. The molecule has 4 aromatic rings. The van der Waals surface area contributed by atoms with Crippen molar-refractivity contribution in [2.24, 2.45) is 7.05 Å². The topological polar surface area (TPSA) is 117 Å². The van der Waals surface area contributed by atoms with Crippen molar-refractivity contribution in [2.75, 3.05) is 11.1 Å². The summed E-state index contributed by atoms with van der Waals surface area (Å²) in [5.74, 6) is 0.587. The third-order valence-electron chi connectivity index (χ3n) is 5.91. The zero-order valence-corrected chi connectivity index (χ0v) is 23.6. The second-order valence-electron chi connectivity index (χ2n) is 9.18. The Kier molecular flexibility index (Phi) is 7.91. The molecule has 13 heteroatoms. The van der Waals surface area contributed by atoms with Crippen LogP contribution in [0.25, 0.3) is 11.5 Å². The fourth-order valence-electron chi connectivity index (χ4n) is 4.32. The second-order valence-corrected chi connectivity index (χ2v) is 11.6. The van der Waals surface area contributed by atoms with Crippen molar-refractivity contribution in [3.05, 3.63) is 51.4 Å². The molecule has 0 spiro atoms. The lowest BCUT2D eigenvalue weighted by atomic mass is 9.95. The first-order chi connectivity index (χ1) is 18.3. The lowest BCUT2D eigenvalue weighted by Crippen LogP contribution is -2.19. The number of anilines is 1. The number of fused-ring (bicyclic) bond motifs is 1. The lowest BCUT2D eigenvalue weighted by Gasteiger charge is -2.14. The SMILES string of the molecule is CC(C)OC(=O)c1c(NC(=O)CSc2nnc(-c3nn(C)cc3Cl)n2Cc2ccco2)sc2c1CCCC2. The number of aromatic nitrogens is 5. The highest BCUT2D eigenvalue weighted by Crippen LogP contribution is 2.39. The van der Waals surface area contributed by atoms with Gasteiger partial charge in [0.1, 0.15) is 16.5 Å². The summed E-state index contributed by atoms with van der Waals surface area (Å²) < 4.78 is 14.4. The Morgan fingerprint density at radius 3 is 2.82 bits per heavy atom. The van der Waals surface area contributed by atoms with Crippen molar-refractivity contribution in [1.82, 2.24) is 24.5 Å². The quantitative estimate of drug-likeness (QED) is 0.214. The summed E-state index contributed by atoms with van der Waals surface area (Å²) in [5.41, 5.74) is 1.98. The zero-order valence-electron chi connectivity index (χ0n) is 21.2. The van der Waals surface area contributed by atoms with Crippen LogP contribution in [0.2, 0.25) is 5.02 Å². The second kappa shape index (κ2) is 11.3. The molecule has 1 N–H and O–H groups in total. The number of hydrogen-bond donors (Lipinski definition) is 1. The summed E-state index contributed by atoms with van der Waals surface area (Å²) in [6.45, 7) is 3.97. The molecule has 0 saturated carbocycles. The molecule has 10 nitrogen and oxygen atoms in total. The molecule has 0 atom stereocenters. The monoisotopic (exact) mass is 574 g/mol. The molecular weight excluding hydrogens is 548 g/mol. The van der Waals surface area contributed by atoms with Crippen LogP contribution in [0.15, 0.2) is 34.2 Å². The summed E-state index contributed by atoms with van der Waals surface area (Å²) >= 11 is 9.08. The van der Waals surface area contributed by atoms with Gasteiger partial charge in [-0.15, -0.1) is 21.5 Å². The predicted molar refractivity (Wildman–Crippen MR) is 146 cm³/mol. The highest BCUT2D eigenvalue weighted by molar-refractivity contribution is 7.99. The third kappa shape index (κ3) is 5.67. The van der Waals surface area contributed by atoms with E-state index in [4.69, 9.17) is 20.8 Å². The maximum Gasteiger partial charge on any atom is 0.341 e. The summed E-state index contributed by atoms with van der Waals surface area (Å²) in [5, 5.41) is 17.5. The number of thioether (sulfide) groups is 1. The van der Waals surface area contributed by atoms with Crippen LogP contribution in [-0.2, 0) is 36.0 Å². The number of hydrogen-bond acceptors (Lipinski definition) is 9. The van der Waals surface area contributed by atoms with E-state index in [-0.39, 0.29) is 17.8 Å². The molecule has 4 aromatic heterocycles. The number of halogens is 1. The molecule has 0 aromatic carbocycles. The average molecular weight is 575 g/mol. The van der Waals surface area contributed by atoms with Crippen LogP contribution in [0.4, 0.5) is 5.00 Å². The first-order valence-corrected chi connectivity index (χ1v) is 14.4. The van der Waals surface area contributed by atoms with Gasteiger partial charge in [-0.1, -0.05) is 23.4 Å². The first-order valence-electron chi connectivity index (χ1n) is 12.2. The van der Waals surface area contributed by atoms with E-state index in [9.17, 15) is 9.59 Å². The van der Waals surface area contributed by atoms with E-state index in [0.29, 0.717) is 44.6 Å². The standard InChI is InChI=1S/C25H27ClN6O4S2/c1-14(2)36-24(34)20-16-8-4-5-9-18(16)38-23(20)27-19(33)13-37-25-29-28-22(21-17(26)12-31(3)30-21)32(25)11-15-7-6-10-35-15/h6-7,10,12,14H,4-5,8-9,11,13H2,1-3H3,(H,27,33). The molecule has 4 heterocycles. The Bertz CT molecular complexity index is 1460. The molecule has 38 heavy (non-hydrogen) atoms. The van der Waals surface area contributed by atoms with Crippen LogP contribution in [0.3, 0.4) is 0 Å². The van der Waals surface area contributed by atoms with Gasteiger partial charge in [-0.05, 0) is 57.2 Å². The van der Waals surface area contributed by atoms with E-state index in [0.717, 1.165) is 36.1 Å². The number of ether oxygens (including phenoxy) is 1. The van der Waals surface area contributed by atoms with Gasteiger partial charge < -0.3 is 14.5 Å². The molecule has 0 unspecified atom stereocenters. The van der Waals surface area contributed by atoms with E-state index >= 15 is 0 Å². The molecule has 0 radical (unpaired) electrons. The van der Waals surface area contributed by atoms with Crippen molar-refractivity contribution in [2.45, 2.75) is 57.3 Å². The molecule has 0 saturated heterocycles. The predicted octanol–water partition coefficient (Wildman–Crippen LogP) is 5.21. The molecule has 1 aliphatic carbocycles. The van der Waals surface area contributed by atoms with E-state index in [2.05, 4.69) is 20.6 Å². The third-order valence-corrected chi connectivity index (χ3v) is 8.36. The van der Waals surface area contributed by atoms with Crippen LogP contribution < -0.4 is 5.32 Å². The van der Waals surface area contributed by atoms with Crippen LogP contribution >= 0.6 is 34.7 Å². The van der Waals surface area contributed by atoms with Crippen molar-refractivity contribution < 1.29 is 18.7 Å². The maximum atomic E-state index is 13.1. The highest BCUT2D eigenvalue weighted by Gasteiger charge is 2.28. The Balaban J connectivity index is 1.36. The number of carbonyl (C=O) groups is 2. The van der Waals surface area contributed by atoms with Crippen molar-refractivity contribution in [1.29, 1.82) is 0 Å². The number of thiophene rings is 1. The van der Waals surface area contributed by atoms with Crippen LogP contribution in [0.5, 0.6) is 0 Å². The van der Waals surface area contributed by atoms with Gasteiger partial charge in [0, 0.05) is 18.1 Å². The smallest absolute Gasteiger partial charge is 0.341 e. The van der Waals surface area contributed by atoms with Crippen LogP contribution in [0.1, 0.15) is 53.2 Å². The number of nitrogens with zero attached hydrogens (tertiary/aromatic N) is 5. The van der Waals surface area contributed by atoms with Gasteiger partial charge in [-0.2, -0.15) is 5.10 Å². The minimum atomic E-state index is -0.391. The lowest BCUT2D eigenvalue weighted by molar-refractivity contribution is -0.113. The Labute approximate surface area is 232 Å². The van der Waals surface area contributed by atoms with Gasteiger partial charge in [0.05, 0.1) is 35.3 Å². The summed E-state index contributed by atoms with van der Waals surface area (Å²) in [6, 6.07) is 3.65. The zero-order chi connectivity index (χ0) is 26.8. The number of furan rings is 1. The first kappa shape index (κ1) is 26.5. The van der Waals surface area contributed by atoms with Gasteiger partial charge in [0.15, 0.2) is 11.0 Å². The fourth-order valence-corrected chi connectivity index (χ4v) is 6.61. The number of rotatable bonds is 9. The summed E-state index contributed by atoms with van der Waals surface area (Å²) in [7, 11) is 1.77. The molecule has 0 aliphatic heterocycles. The van der Waals surface area contributed by atoms with E-state index in [1.165, 1.54) is 23.1 Å². The van der Waals surface area contributed by atoms with Crippen molar-refractivity contribution >= 4 is 51.6 Å². The van der Waals surface area contributed by atoms with Gasteiger partial charge in [-0.3, -0.25) is 14.0 Å². The molecule has 5 rings (SSSR count). The van der Waals surface area contributed by atoms with E-state index < -0.39 is 5.97 Å². The van der Waals surface area contributed by atoms with Crippen molar-refractivity contribution in [3.8, 4) is 11.5 Å². The Morgan fingerprint density at radius 2 is 2.11 bits per heavy atom.